The molecule has 1 N–H and O–H groups in total. The van der Waals surface area contributed by atoms with Crippen molar-refractivity contribution >= 4 is 11.7 Å². The van der Waals surface area contributed by atoms with Crippen molar-refractivity contribution in [1.29, 1.82) is 0 Å². The molecule has 6 nitrogen and oxygen atoms in total. The molecule has 6 heteroatoms. The van der Waals surface area contributed by atoms with Crippen LogP contribution in [0.1, 0.15) is 32.2 Å². The van der Waals surface area contributed by atoms with E-state index in [-0.39, 0.29) is 18.1 Å². The first-order chi connectivity index (χ1) is 10.3. The molecule has 1 amide bonds. The second-order valence-corrected chi connectivity index (χ2v) is 6.18. The van der Waals surface area contributed by atoms with Gasteiger partial charge in [0.15, 0.2) is 6.61 Å². The van der Waals surface area contributed by atoms with Gasteiger partial charge in [-0.3, -0.25) is 9.78 Å². The number of aromatic nitrogens is 3. The highest BCUT2D eigenvalue weighted by Gasteiger charge is 2.20. The van der Waals surface area contributed by atoms with E-state index in [9.17, 15) is 4.79 Å². The number of amides is 1. The molecular formula is C16H22N4O2. The summed E-state index contributed by atoms with van der Waals surface area (Å²) in [4.78, 5) is 16.2. The number of pyridine rings is 1. The van der Waals surface area contributed by atoms with Crippen LogP contribution in [0.5, 0.6) is 5.75 Å². The Labute approximate surface area is 130 Å². The second kappa shape index (κ2) is 6.17. The van der Waals surface area contributed by atoms with E-state index >= 15 is 0 Å². The number of aryl methyl sites for hydroxylation is 2. The summed E-state index contributed by atoms with van der Waals surface area (Å²) in [5, 5.41) is 7.26. The highest BCUT2D eigenvalue weighted by Crippen LogP contribution is 2.21. The highest BCUT2D eigenvalue weighted by molar-refractivity contribution is 5.91. The average Bonchev–Trinajstić information content (AvgIpc) is 2.78. The predicted octanol–water partition coefficient (Wildman–Crippen LogP) is 2.67. The molecule has 0 aliphatic carbocycles. The summed E-state index contributed by atoms with van der Waals surface area (Å²) in [5.41, 5.74) is 1.40. The smallest absolute Gasteiger partial charge is 0.263 e. The third-order valence-electron chi connectivity index (χ3n) is 3.05. The maximum absolute atomic E-state index is 12.1. The summed E-state index contributed by atoms with van der Waals surface area (Å²) >= 11 is 0. The molecule has 0 atom stereocenters. The summed E-state index contributed by atoms with van der Waals surface area (Å²) in [6.45, 7) is 9.76. The van der Waals surface area contributed by atoms with Gasteiger partial charge in [-0.2, -0.15) is 5.10 Å². The Balaban J connectivity index is 2.03. The van der Waals surface area contributed by atoms with E-state index < -0.39 is 0 Å². The first-order valence-corrected chi connectivity index (χ1v) is 7.19. The van der Waals surface area contributed by atoms with Crippen molar-refractivity contribution in [1.82, 2.24) is 14.8 Å². The van der Waals surface area contributed by atoms with Crippen LogP contribution in [-0.2, 0) is 10.3 Å². The number of rotatable bonds is 4. The van der Waals surface area contributed by atoms with Gasteiger partial charge in [0.05, 0.1) is 16.9 Å². The zero-order valence-corrected chi connectivity index (χ0v) is 13.7. The Bertz CT molecular complexity index is 671. The summed E-state index contributed by atoms with van der Waals surface area (Å²) < 4.78 is 7.30. The van der Waals surface area contributed by atoms with Gasteiger partial charge in [0.25, 0.3) is 5.91 Å². The van der Waals surface area contributed by atoms with Crippen LogP contribution in [0, 0.1) is 13.8 Å². The molecule has 0 spiro atoms. The molecule has 0 aliphatic rings. The number of ether oxygens (including phenoxy) is 1. The lowest BCUT2D eigenvalue weighted by Crippen LogP contribution is -2.28. The molecule has 118 valence electrons. The Morgan fingerprint density at radius 1 is 1.36 bits per heavy atom. The van der Waals surface area contributed by atoms with Gasteiger partial charge >= 0.3 is 0 Å². The minimum atomic E-state index is -0.228. The second-order valence-electron chi connectivity index (χ2n) is 6.18. The minimum Gasteiger partial charge on any atom is -0.482 e. The predicted molar refractivity (Wildman–Crippen MR) is 85.1 cm³/mol. The molecule has 2 aromatic rings. The van der Waals surface area contributed by atoms with Crippen molar-refractivity contribution in [3.05, 3.63) is 35.8 Å². The molecule has 0 radical (unpaired) electrons. The Morgan fingerprint density at radius 3 is 2.73 bits per heavy atom. The van der Waals surface area contributed by atoms with Gasteiger partial charge in [0.1, 0.15) is 11.6 Å². The Morgan fingerprint density at radius 2 is 2.09 bits per heavy atom. The molecule has 22 heavy (non-hydrogen) atoms. The molecule has 0 aromatic carbocycles. The van der Waals surface area contributed by atoms with E-state index in [1.807, 2.05) is 40.7 Å². The summed E-state index contributed by atoms with van der Waals surface area (Å²) in [7, 11) is 0. The van der Waals surface area contributed by atoms with Crippen molar-refractivity contribution in [3.8, 4) is 5.75 Å². The van der Waals surface area contributed by atoms with Crippen molar-refractivity contribution < 1.29 is 9.53 Å². The number of hydrogen-bond donors (Lipinski definition) is 1. The van der Waals surface area contributed by atoms with Crippen LogP contribution in [0.3, 0.4) is 0 Å². The van der Waals surface area contributed by atoms with Gasteiger partial charge < -0.3 is 10.1 Å². The molecule has 0 aliphatic heterocycles. The molecule has 2 rings (SSSR count). The fraction of sp³-hybridized carbons (Fsp3) is 0.438. The summed E-state index contributed by atoms with van der Waals surface area (Å²) in [6, 6.07) is 5.41. The number of carbonyl (C=O) groups excluding carboxylic acids is 1. The van der Waals surface area contributed by atoms with Gasteiger partial charge in [-0.05, 0) is 46.8 Å². The van der Waals surface area contributed by atoms with Crippen molar-refractivity contribution in [2.24, 2.45) is 0 Å². The summed E-state index contributed by atoms with van der Waals surface area (Å²) in [5.74, 6) is 1.05. The fourth-order valence-corrected chi connectivity index (χ4v) is 2.04. The fourth-order valence-electron chi connectivity index (χ4n) is 2.04. The van der Waals surface area contributed by atoms with Crippen molar-refractivity contribution in [2.75, 3.05) is 11.9 Å². The minimum absolute atomic E-state index is 0.0685. The van der Waals surface area contributed by atoms with Gasteiger partial charge in [0.2, 0.25) is 0 Å². The molecular weight excluding hydrogens is 280 g/mol. The maximum atomic E-state index is 12.1. The normalized spacial score (nSPS) is 11.3. The van der Waals surface area contributed by atoms with Gasteiger partial charge in [-0.15, -0.1) is 0 Å². The first-order valence-electron chi connectivity index (χ1n) is 7.19. The lowest BCUT2D eigenvalue weighted by atomic mass is 10.1. The monoisotopic (exact) mass is 302 g/mol. The third-order valence-corrected chi connectivity index (χ3v) is 3.05. The first kappa shape index (κ1) is 16.0. The van der Waals surface area contributed by atoms with Crippen LogP contribution in [0.15, 0.2) is 24.4 Å². The lowest BCUT2D eigenvalue weighted by molar-refractivity contribution is -0.118. The average molecular weight is 302 g/mol. The van der Waals surface area contributed by atoms with Crippen LogP contribution < -0.4 is 10.1 Å². The molecule has 0 saturated heterocycles. The van der Waals surface area contributed by atoms with E-state index in [2.05, 4.69) is 15.4 Å². The Kier molecular flexibility index (Phi) is 4.49. The number of carbonyl (C=O) groups is 1. The highest BCUT2D eigenvalue weighted by atomic mass is 16.5. The van der Waals surface area contributed by atoms with Crippen LogP contribution in [0.4, 0.5) is 5.82 Å². The van der Waals surface area contributed by atoms with E-state index in [1.165, 1.54) is 0 Å². The van der Waals surface area contributed by atoms with Gasteiger partial charge in [0, 0.05) is 12.3 Å². The molecule has 0 fully saturated rings. The topological polar surface area (TPSA) is 69.0 Å². The van der Waals surface area contributed by atoms with E-state index in [0.717, 1.165) is 11.4 Å². The van der Waals surface area contributed by atoms with Crippen molar-refractivity contribution in [3.63, 3.8) is 0 Å². The molecule has 2 aromatic heterocycles. The molecule has 0 saturated carbocycles. The van der Waals surface area contributed by atoms with Gasteiger partial charge in [-0.25, -0.2) is 4.68 Å². The van der Waals surface area contributed by atoms with Crippen LogP contribution >= 0.6 is 0 Å². The third kappa shape index (κ3) is 3.84. The lowest BCUT2D eigenvalue weighted by Gasteiger charge is -2.22. The number of nitrogens with one attached hydrogen (secondary N) is 1. The summed E-state index contributed by atoms with van der Waals surface area (Å²) in [6.07, 6.45) is 1.69. The zero-order valence-electron chi connectivity index (χ0n) is 13.7. The van der Waals surface area contributed by atoms with Crippen LogP contribution in [0.2, 0.25) is 0 Å². The van der Waals surface area contributed by atoms with E-state index in [4.69, 9.17) is 4.74 Å². The van der Waals surface area contributed by atoms with Crippen LogP contribution in [0.25, 0.3) is 0 Å². The quantitative estimate of drug-likeness (QED) is 0.942. The molecule has 0 bridgehead atoms. The largest absolute Gasteiger partial charge is 0.482 e. The SMILES string of the molecule is Cc1cc(NC(=O)COc2cccnc2C)n(C(C)(C)C)n1. The van der Waals surface area contributed by atoms with E-state index in [1.54, 1.807) is 23.0 Å². The molecule has 0 unspecified atom stereocenters. The Hall–Kier alpha value is -2.37. The molecule has 2 heterocycles. The number of hydrogen-bond acceptors (Lipinski definition) is 4. The maximum Gasteiger partial charge on any atom is 0.263 e. The number of nitrogens with zero attached hydrogens (tertiary/aromatic N) is 3. The zero-order chi connectivity index (χ0) is 16.3. The van der Waals surface area contributed by atoms with Crippen molar-refractivity contribution in [2.45, 2.75) is 40.2 Å². The standard InChI is InChI=1S/C16H22N4O2/c1-11-9-14(20(19-11)16(3,4)5)18-15(21)10-22-13-7-6-8-17-12(13)2/h6-9H,10H2,1-5H3,(H,18,21). The number of anilines is 1. The van der Waals surface area contributed by atoms with Gasteiger partial charge in [-0.1, -0.05) is 0 Å². The van der Waals surface area contributed by atoms with Crippen LogP contribution in [-0.4, -0.2) is 27.3 Å². The van der Waals surface area contributed by atoms with E-state index in [0.29, 0.717) is 11.6 Å².